The Hall–Kier alpha value is -2.37. The number of amides is 1. The molecule has 0 spiro atoms. The Kier molecular flexibility index (Phi) is 4.78. The van der Waals surface area contributed by atoms with E-state index in [1.54, 1.807) is 0 Å². The molecule has 1 N–H and O–H groups in total. The summed E-state index contributed by atoms with van der Waals surface area (Å²) >= 11 is 3.17. The number of carbonyl (C=O) groups is 1. The van der Waals surface area contributed by atoms with Crippen molar-refractivity contribution in [1.29, 1.82) is 5.26 Å². The molecule has 0 fully saturated rings. The molecule has 1 atom stereocenters. The first-order valence-electron chi connectivity index (χ1n) is 7.72. The summed E-state index contributed by atoms with van der Waals surface area (Å²) in [6.07, 6.45) is 0. The standard InChI is InChI=1S/C18H15BrN2O4S/c1-10-3-15-16(9-25-17(15)4-11(10)2)18(22)21-26(23,24)14-6-12(8-20)5-13(19)7-14/h3-7,16H,9H2,1-2H3,(H,21,22). The highest BCUT2D eigenvalue weighted by atomic mass is 79.9. The summed E-state index contributed by atoms with van der Waals surface area (Å²) in [5.41, 5.74) is 2.89. The number of hydrogen-bond acceptors (Lipinski definition) is 5. The number of sulfonamides is 1. The van der Waals surface area contributed by atoms with Gasteiger partial charge in [0.25, 0.3) is 10.0 Å². The van der Waals surface area contributed by atoms with E-state index in [1.165, 1.54) is 18.2 Å². The Morgan fingerprint density at radius 2 is 1.92 bits per heavy atom. The second kappa shape index (κ2) is 6.74. The highest BCUT2D eigenvalue weighted by Crippen LogP contribution is 2.36. The minimum atomic E-state index is -4.11. The van der Waals surface area contributed by atoms with Crippen molar-refractivity contribution in [3.8, 4) is 11.8 Å². The number of nitrogens with one attached hydrogen (secondary N) is 1. The van der Waals surface area contributed by atoms with Crippen LogP contribution in [0.1, 0.15) is 28.2 Å². The van der Waals surface area contributed by atoms with Crippen molar-refractivity contribution in [2.75, 3.05) is 6.61 Å². The van der Waals surface area contributed by atoms with Gasteiger partial charge >= 0.3 is 0 Å². The van der Waals surface area contributed by atoms with Gasteiger partial charge in [-0.2, -0.15) is 5.26 Å². The highest BCUT2D eigenvalue weighted by Gasteiger charge is 2.33. The number of aryl methyl sites for hydroxylation is 2. The molecule has 1 amide bonds. The lowest BCUT2D eigenvalue weighted by Gasteiger charge is -2.12. The fraction of sp³-hybridized carbons (Fsp3) is 0.222. The summed E-state index contributed by atoms with van der Waals surface area (Å²) in [6, 6.07) is 9.63. The SMILES string of the molecule is Cc1cc2c(cc1C)C(C(=O)NS(=O)(=O)c1cc(Br)cc(C#N)c1)CO2. The number of carbonyl (C=O) groups excluding carboxylic acids is 1. The Labute approximate surface area is 160 Å². The molecule has 0 aromatic heterocycles. The van der Waals surface area contributed by atoms with Crippen molar-refractivity contribution in [3.05, 3.63) is 57.1 Å². The van der Waals surface area contributed by atoms with Gasteiger partial charge in [-0.05, 0) is 49.2 Å². The van der Waals surface area contributed by atoms with Crippen LogP contribution in [-0.2, 0) is 14.8 Å². The molecule has 26 heavy (non-hydrogen) atoms. The van der Waals surface area contributed by atoms with Crippen molar-refractivity contribution in [2.45, 2.75) is 24.7 Å². The zero-order valence-electron chi connectivity index (χ0n) is 14.0. The highest BCUT2D eigenvalue weighted by molar-refractivity contribution is 9.10. The van der Waals surface area contributed by atoms with Crippen LogP contribution in [0, 0.1) is 25.2 Å². The first kappa shape index (κ1) is 18.4. The van der Waals surface area contributed by atoms with Gasteiger partial charge in [0.05, 0.1) is 16.5 Å². The van der Waals surface area contributed by atoms with Crippen molar-refractivity contribution in [3.63, 3.8) is 0 Å². The second-order valence-electron chi connectivity index (χ2n) is 6.10. The van der Waals surface area contributed by atoms with E-state index in [-0.39, 0.29) is 17.1 Å². The fourth-order valence-corrected chi connectivity index (χ4v) is 4.47. The van der Waals surface area contributed by atoms with Crippen LogP contribution in [0.5, 0.6) is 5.75 Å². The van der Waals surface area contributed by atoms with E-state index < -0.39 is 21.8 Å². The molecule has 0 aliphatic carbocycles. The molecule has 1 aliphatic rings. The van der Waals surface area contributed by atoms with Crippen LogP contribution in [-0.4, -0.2) is 20.9 Å². The van der Waals surface area contributed by atoms with Crippen LogP contribution < -0.4 is 9.46 Å². The summed E-state index contributed by atoms with van der Waals surface area (Å²) in [5, 5.41) is 8.99. The summed E-state index contributed by atoms with van der Waals surface area (Å²) < 4.78 is 33.2. The number of fused-ring (bicyclic) bond motifs is 1. The number of nitriles is 1. The molecule has 2 aromatic carbocycles. The first-order valence-corrected chi connectivity index (χ1v) is 10.00. The van der Waals surface area contributed by atoms with Gasteiger partial charge in [0.2, 0.25) is 5.91 Å². The second-order valence-corrected chi connectivity index (χ2v) is 8.69. The molecule has 0 bridgehead atoms. The quantitative estimate of drug-likeness (QED) is 0.800. The van der Waals surface area contributed by atoms with Gasteiger partial charge < -0.3 is 4.74 Å². The van der Waals surface area contributed by atoms with Gasteiger partial charge in [-0.15, -0.1) is 0 Å². The van der Waals surface area contributed by atoms with E-state index in [9.17, 15) is 13.2 Å². The number of ether oxygens (including phenoxy) is 1. The minimum Gasteiger partial charge on any atom is -0.492 e. The molecule has 0 saturated heterocycles. The molecule has 2 aromatic rings. The topological polar surface area (TPSA) is 96.3 Å². The van der Waals surface area contributed by atoms with Crippen molar-refractivity contribution in [2.24, 2.45) is 0 Å². The lowest BCUT2D eigenvalue weighted by molar-refractivity contribution is -0.120. The predicted octanol–water partition coefficient (Wildman–Crippen LogP) is 2.92. The zero-order valence-corrected chi connectivity index (χ0v) is 16.4. The van der Waals surface area contributed by atoms with Crippen LogP contribution in [0.2, 0.25) is 0 Å². The predicted molar refractivity (Wildman–Crippen MR) is 98.3 cm³/mol. The maximum atomic E-state index is 12.6. The average molecular weight is 435 g/mol. The number of halogens is 1. The maximum absolute atomic E-state index is 12.6. The number of rotatable bonds is 3. The fourth-order valence-electron chi connectivity index (χ4n) is 2.73. The van der Waals surface area contributed by atoms with Crippen molar-refractivity contribution < 1.29 is 17.9 Å². The van der Waals surface area contributed by atoms with Crippen LogP contribution in [0.15, 0.2) is 39.7 Å². The number of benzene rings is 2. The third-order valence-corrected chi connectivity index (χ3v) is 6.05. The third kappa shape index (κ3) is 3.45. The van der Waals surface area contributed by atoms with Gasteiger partial charge in [0.1, 0.15) is 18.3 Å². The summed E-state index contributed by atoms with van der Waals surface area (Å²) in [6.45, 7) is 3.95. The molecule has 0 radical (unpaired) electrons. The molecule has 1 unspecified atom stereocenters. The van der Waals surface area contributed by atoms with E-state index in [0.29, 0.717) is 15.8 Å². The van der Waals surface area contributed by atoms with Gasteiger partial charge in [-0.3, -0.25) is 4.79 Å². The smallest absolute Gasteiger partial charge is 0.264 e. The molecule has 3 rings (SSSR count). The van der Waals surface area contributed by atoms with E-state index in [4.69, 9.17) is 10.00 Å². The monoisotopic (exact) mass is 434 g/mol. The lowest BCUT2D eigenvalue weighted by Crippen LogP contribution is -2.35. The molecular weight excluding hydrogens is 420 g/mol. The Bertz CT molecular complexity index is 1060. The normalized spacial score (nSPS) is 15.7. The molecule has 1 aliphatic heterocycles. The van der Waals surface area contributed by atoms with Gasteiger partial charge in [0, 0.05) is 10.0 Å². The van der Waals surface area contributed by atoms with E-state index >= 15 is 0 Å². The van der Waals surface area contributed by atoms with Crippen LogP contribution in [0.4, 0.5) is 0 Å². The average Bonchev–Trinajstić information content (AvgIpc) is 2.97. The van der Waals surface area contributed by atoms with E-state index in [0.717, 1.165) is 11.1 Å². The van der Waals surface area contributed by atoms with E-state index in [1.807, 2.05) is 32.0 Å². The molecule has 0 saturated carbocycles. The van der Waals surface area contributed by atoms with Crippen molar-refractivity contribution in [1.82, 2.24) is 4.72 Å². The lowest BCUT2D eigenvalue weighted by atomic mass is 9.97. The minimum absolute atomic E-state index is 0.0848. The maximum Gasteiger partial charge on any atom is 0.264 e. The largest absolute Gasteiger partial charge is 0.492 e. The molecule has 8 heteroatoms. The molecule has 6 nitrogen and oxygen atoms in total. The summed E-state index contributed by atoms with van der Waals surface area (Å²) in [5.74, 6) is -0.771. The van der Waals surface area contributed by atoms with Gasteiger partial charge in [-0.1, -0.05) is 22.0 Å². The molecule has 134 valence electrons. The van der Waals surface area contributed by atoms with Crippen LogP contribution in [0.3, 0.4) is 0 Å². The number of nitrogens with zero attached hydrogens (tertiary/aromatic N) is 1. The molecule has 1 heterocycles. The third-order valence-electron chi connectivity index (χ3n) is 4.27. The first-order chi connectivity index (χ1) is 12.2. The Balaban J connectivity index is 1.89. The molecular formula is C18H15BrN2O4S. The summed E-state index contributed by atoms with van der Waals surface area (Å²) in [7, 11) is -4.11. The Morgan fingerprint density at radius 1 is 1.23 bits per heavy atom. The van der Waals surface area contributed by atoms with Crippen LogP contribution in [0.25, 0.3) is 0 Å². The van der Waals surface area contributed by atoms with Gasteiger partial charge in [0.15, 0.2) is 0 Å². The van der Waals surface area contributed by atoms with Gasteiger partial charge in [-0.25, -0.2) is 13.1 Å². The number of hydrogen-bond donors (Lipinski definition) is 1. The summed E-state index contributed by atoms with van der Waals surface area (Å²) in [4.78, 5) is 12.4. The van der Waals surface area contributed by atoms with Crippen molar-refractivity contribution >= 4 is 31.9 Å². The Morgan fingerprint density at radius 3 is 2.62 bits per heavy atom. The zero-order chi connectivity index (χ0) is 19.1. The van der Waals surface area contributed by atoms with Crippen LogP contribution >= 0.6 is 15.9 Å². The van der Waals surface area contributed by atoms with E-state index in [2.05, 4.69) is 20.7 Å².